The van der Waals surface area contributed by atoms with Crippen molar-refractivity contribution in [2.75, 3.05) is 6.54 Å². The number of nitrogens with zero attached hydrogens (tertiary/aromatic N) is 1. The normalized spacial score (nSPS) is 17.6. The zero-order chi connectivity index (χ0) is 24.2. The molecular formula is C26H32N2O5. The number of rotatable bonds is 6. The first-order valence-electron chi connectivity index (χ1n) is 11.2. The SMILES string of the molecule is CC(C)[C@H]1N(C(=O)CCNC(=O)OC(C)(C)C)C(=O)OC1(c1ccccc1)c1ccccc1. The molecule has 176 valence electrons. The maximum absolute atomic E-state index is 13.2. The topological polar surface area (TPSA) is 84.9 Å². The fourth-order valence-corrected chi connectivity index (χ4v) is 4.27. The molecule has 7 nitrogen and oxygen atoms in total. The van der Waals surface area contributed by atoms with Crippen molar-refractivity contribution >= 4 is 18.1 Å². The van der Waals surface area contributed by atoms with Crippen molar-refractivity contribution < 1.29 is 23.9 Å². The largest absolute Gasteiger partial charge is 0.444 e. The smallest absolute Gasteiger partial charge is 0.418 e. The van der Waals surface area contributed by atoms with Crippen LogP contribution >= 0.6 is 0 Å². The van der Waals surface area contributed by atoms with E-state index in [1.165, 1.54) is 4.90 Å². The molecule has 3 rings (SSSR count). The summed E-state index contributed by atoms with van der Waals surface area (Å²) in [5, 5.41) is 2.58. The minimum Gasteiger partial charge on any atom is -0.444 e. The summed E-state index contributed by atoms with van der Waals surface area (Å²) >= 11 is 0. The molecule has 0 aromatic heterocycles. The molecule has 3 amide bonds. The number of hydrogen-bond donors (Lipinski definition) is 1. The summed E-state index contributed by atoms with van der Waals surface area (Å²) in [5.41, 5.74) is -0.182. The summed E-state index contributed by atoms with van der Waals surface area (Å²) in [5.74, 6) is -0.511. The molecule has 7 heteroatoms. The molecule has 2 aromatic carbocycles. The van der Waals surface area contributed by atoms with E-state index in [2.05, 4.69) is 5.32 Å². The molecule has 2 aromatic rings. The quantitative estimate of drug-likeness (QED) is 0.677. The van der Waals surface area contributed by atoms with Gasteiger partial charge in [0, 0.05) is 24.1 Å². The van der Waals surface area contributed by atoms with Crippen LogP contribution in [0.5, 0.6) is 0 Å². The zero-order valence-electron chi connectivity index (χ0n) is 19.8. The number of carbonyl (C=O) groups excluding carboxylic acids is 3. The van der Waals surface area contributed by atoms with E-state index in [4.69, 9.17) is 9.47 Å². The van der Waals surface area contributed by atoms with Crippen LogP contribution in [0.15, 0.2) is 60.7 Å². The molecule has 0 bridgehead atoms. The highest BCUT2D eigenvalue weighted by Gasteiger charge is 2.59. The molecule has 1 N–H and O–H groups in total. The van der Waals surface area contributed by atoms with Crippen LogP contribution in [0, 0.1) is 5.92 Å². The fourth-order valence-electron chi connectivity index (χ4n) is 4.27. The van der Waals surface area contributed by atoms with E-state index in [0.29, 0.717) is 0 Å². The van der Waals surface area contributed by atoms with Gasteiger partial charge in [-0.25, -0.2) is 14.5 Å². The average molecular weight is 453 g/mol. The van der Waals surface area contributed by atoms with Gasteiger partial charge in [0.2, 0.25) is 5.91 Å². The van der Waals surface area contributed by atoms with E-state index in [0.717, 1.165) is 11.1 Å². The van der Waals surface area contributed by atoms with E-state index in [1.54, 1.807) is 20.8 Å². The van der Waals surface area contributed by atoms with Crippen LogP contribution in [0.2, 0.25) is 0 Å². The number of alkyl carbamates (subject to hydrolysis) is 1. The lowest BCUT2D eigenvalue weighted by Gasteiger charge is -2.37. The lowest BCUT2D eigenvalue weighted by atomic mass is 9.75. The Balaban J connectivity index is 1.90. The van der Waals surface area contributed by atoms with Gasteiger partial charge in [-0.1, -0.05) is 74.5 Å². The summed E-state index contributed by atoms with van der Waals surface area (Å²) in [6, 6.07) is 18.4. The monoisotopic (exact) mass is 452 g/mol. The summed E-state index contributed by atoms with van der Waals surface area (Å²) in [6.07, 6.45) is -1.36. The van der Waals surface area contributed by atoms with Crippen LogP contribution in [0.25, 0.3) is 0 Å². The molecule has 1 atom stereocenters. The Morgan fingerprint density at radius 3 is 2.00 bits per heavy atom. The van der Waals surface area contributed by atoms with Crippen LogP contribution < -0.4 is 5.32 Å². The third kappa shape index (κ3) is 5.18. The van der Waals surface area contributed by atoms with E-state index in [1.807, 2.05) is 74.5 Å². The van der Waals surface area contributed by atoms with Crippen LogP contribution in [-0.2, 0) is 19.9 Å². The highest BCUT2D eigenvalue weighted by atomic mass is 16.6. The molecule has 1 fully saturated rings. The predicted molar refractivity (Wildman–Crippen MR) is 124 cm³/mol. The second-order valence-corrected chi connectivity index (χ2v) is 9.47. The third-order valence-corrected chi connectivity index (χ3v) is 5.45. The molecule has 0 spiro atoms. The van der Waals surface area contributed by atoms with Gasteiger partial charge in [0.25, 0.3) is 0 Å². The number of cyclic esters (lactones) is 1. The Kier molecular flexibility index (Phi) is 7.10. The number of hydrogen-bond acceptors (Lipinski definition) is 5. The maximum Gasteiger partial charge on any atom is 0.418 e. The first kappa shape index (κ1) is 24.3. The van der Waals surface area contributed by atoms with Crippen molar-refractivity contribution in [1.29, 1.82) is 0 Å². The molecule has 1 saturated heterocycles. The lowest BCUT2D eigenvalue weighted by Crippen LogP contribution is -2.50. The Morgan fingerprint density at radius 1 is 1.03 bits per heavy atom. The van der Waals surface area contributed by atoms with Crippen molar-refractivity contribution in [3.8, 4) is 0 Å². The Morgan fingerprint density at radius 2 is 1.55 bits per heavy atom. The Hall–Kier alpha value is -3.35. The zero-order valence-corrected chi connectivity index (χ0v) is 19.8. The predicted octanol–water partition coefficient (Wildman–Crippen LogP) is 4.85. The number of nitrogens with one attached hydrogen (secondary N) is 1. The molecular weight excluding hydrogens is 420 g/mol. The van der Waals surface area contributed by atoms with Gasteiger partial charge in [0.1, 0.15) is 5.60 Å². The van der Waals surface area contributed by atoms with Gasteiger partial charge in [-0.2, -0.15) is 0 Å². The third-order valence-electron chi connectivity index (χ3n) is 5.45. The van der Waals surface area contributed by atoms with Crippen molar-refractivity contribution in [1.82, 2.24) is 10.2 Å². The first-order valence-corrected chi connectivity index (χ1v) is 11.2. The van der Waals surface area contributed by atoms with Gasteiger partial charge in [0.15, 0.2) is 5.60 Å². The highest BCUT2D eigenvalue weighted by Crippen LogP contribution is 2.47. The number of amides is 3. The van der Waals surface area contributed by atoms with Crippen LogP contribution in [-0.4, -0.2) is 41.2 Å². The molecule has 33 heavy (non-hydrogen) atoms. The van der Waals surface area contributed by atoms with Crippen molar-refractivity contribution in [2.45, 2.75) is 58.3 Å². The van der Waals surface area contributed by atoms with Gasteiger partial charge < -0.3 is 14.8 Å². The maximum atomic E-state index is 13.2. The van der Waals surface area contributed by atoms with Crippen molar-refractivity contribution in [3.05, 3.63) is 71.8 Å². The van der Waals surface area contributed by atoms with Gasteiger partial charge >= 0.3 is 12.2 Å². The average Bonchev–Trinajstić information content (AvgIpc) is 3.08. The van der Waals surface area contributed by atoms with E-state index >= 15 is 0 Å². The summed E-state index contributed by atoms with van der Waals surface area (Å²) in [6.45, 7) is 9.26. The van der Waals surface area contributed by atoms with Crippen LogP contribution in [0.3, 0.4) is 0 Å². The van der Waals surface area contributed by atoms with Crippen LogP contribution in [0.1, 0.15) is 52.2 Å². The summed E-state index contributed by atoms with van der Waals surface area (Å²) < 4.78 is 11.3. The number of imide groups is 1. The van der Waals surface area contributed by atoms with Gasteiger partial charge in [-0.05, 0) is 26.7 Å². The Labute approximate surface area is 195 Å². The molecule has 1 heterocycles. The lowest BCUT2D eigenvalue weighted by molar-refractivity contribution is -0.130. The molecule has 0 unspecified atom stereocenters. The standard InChI is InChI=1S/C26H32N2O5/c1-18(2)22-26(19-12-8-6-9-13-19,20-14-10-7-11-15-20)33-24(31)28(22)21(29)16-17-27-23(30)32-25(3,4)5/h6-15,18,22H,16-17H2,1-5H3,(H,27,30)/t22-/m1/s1. The number of carbonyl (C=O) groups is 3. The number of ether oxygens (including phenoxy) is 2. The fraction of sp³-hybridized carbons (Fsp3) is 0.423. The van der Waals surface area contributed by atoms with E-state index in [-0.39, 0.29) is 18.9 Å². The molecule has 0 radical (unpaired) electrons. The van der Waals surface area contributed by atoms with Crippen LogP contribution in [0.4, 0.5) is 9.59 Å². The Bertz CT molecular complexity index is 943. The number of benzene rings is 2. The minimum atomic E-state index is -1.14. The van der Waals surface area contributed by atoms with Crippen molar-refractivity contribution in [2.24, 2.45) is 5.92 Å². The molecule has 0 saturated carbocycles. The van der Waals surface area contributed by atoms with Gasteiger partial charge in [-0.3, -0.25) is 4.79 Å². The molecule has 1 aliphatic heterocycles. The second kappa shape index (κ2) is 9.65. The summed E-state index contributed by atoms with van der Waals surface area (Å²) in [7, 11) is 0. The molecule has 1 aliphatic rings. The molecule has 0 aliphatic carbocycles. The summed E-state index contributed by atoms with van der Waals surface area (Å²) in [4.78, 5) is 39.5. The van der Waals surface area contributed by atoms with Gasteiger partial charge in [0.05, 0.1) is 6.04 Å². The van der Waals surface area contributed by atoms with E-state index < -0.39 is 35.3 Å². The van der Waals surface area contributed by atoms with Gasteiger partial charge in [-0.15, -0.1) is 0 Å². The first-order chi connectivity index (χ1) is 15.6. The minimum absolute atomic E-state index is 0.0476. The second-order valence-electron chi connectivity index (χ2n) is 9.47. The highest BCUT2D eigenvalue weighted by molar-refractivity contribution is 5.95. The van der Waals surface area contributed by atoms with E-state index in [9.17, 15) is 14.4 Å². The van der Waals surface area contributed by atoms with Crippen molar-refractivity contribution in [3.63, 3.8) is 0 Å².